The molecule has 0 amide bonds. The van der Waals surface area contributed by atoms with Crippen LogP contribution < -0.4 is 0 Å². The molecule has 0 saturated heterocycles. The number of carbonyl (C=O) groups excluding carboxylic acids is 1. The first-order valence-electron chi connectivity index (χ1n) is 3.86. The largest absolute Gasteiger partial charge is 0.293 e. The van der Waals surface area contributed by atoms with Gasteiger partial charge in [0.15, 0.2) is 5.78 Å². The van der Waals surface area contributed by atoms with Crippen LogP contribution in [0.4, 0.5) is 0 Å². The summed E-state index contributed by atoms with van der Waals surface area (Å²) in [6.45, 7) is 7.60. The minimum atomic E-state index is 0.172. The van der Waals surface area contributed by atoms with Crippen molar-refractivity contribution in [3.63, 3.8) is 0 Å². The summed E-state index contributed by atoms with van der Waals surface area (Å²) >= 11 is 1.57. The van der Waals surface area contributed by atoms with Gasteiger partial charge in [0, 0.05) is 11.3 Å². The van der Waals surface area contributed by atoms with Gasteiger partial charge in [-0.15, -0.1) is 17.9 Å². The zero-order valence-corrected chi connectivity index (χ0v) is 8.20. The molecular formula is C10H12OS. The smallest absolute Gasteiger partial charge is 0.176 e. The van der Waals surface area contributed by atoms with E-state index in [2.05, 4.69) is 6.58 Å². The second-order valence-corrected chi connectivity index (χ2v) is 4.02. The molecule has 0 radical (unpaired) electrons. The predicted octanol–water partition coefficient (Wildman–Crippen LogP) is 3.12. The second-order valence-electron chi connectivity index (χ2n) is 2.77. The molecule has 0 aromatic carbocycles. The van der Waals surface area contributed by atoms with Crippen LogP contribution in [0.3, 0.4) is 0 Å². The molecule has 0 saturated carbocycles. The summed E-state index contributed by atoms with van der Waals surface area (Å²) in [5.41, 5.74) is 1.20. The predicted molar refractivity (Wildman–Crippen MR) is 52.9 cm³/mol. The highest BCUT2D eigenvalue weighted by atomic mass is 32.1. The lowest BCUT2D eigenvalue weighted by atomic mass is 10.2. The van der Waals surface area contributed by atoms with Gasteiger partial charge in [-0.2, -0.15) is 0 Å². The molecule has 0 N–H and O–H groups in total. The van der Waals surface area contributed by atoms with E-state index in [1.807, 2.05) is 19.9 Å². The molecule has 1 rings (SSSR count). The standard InChI is InChI=1S/C10H12OS/c1-4-5-9(11)10-6-7(2)8(3)12-10/h4,6H,1,5H2,2-3H3. The van der Waals surface area contributed by atoms with Crippen molar-refractivity contribution in [3.8, 4) is 0 Å². The van der Waals surface area contributed by atoms with Crippen LogP contribution in [0, 0.1) is 13.8 Å². The number of ketones is 1. The fraction of sp³-hybridized carbons (Fsp3) is 0.300. The molecule has 0 aliphatic rings. The monoisotopic (exact) mass is 180 g/mol. The molecule has 64 valence electrons. The van der Waals surface area contributed by atoms with E-state index in [0.717, 1.165) is 4.88 Å². The van der Waals surface area contributed by atoms with Gasteiger partial charge in [-0.05, 0) is 25.5 Å². The van der Waals surface area contributed by atoms with Crippen LogP contribution in [0.2, 0.25) is 0 Å². The third-order valence-electron chi connectivity index (χ3n) is 1.77. The van der Waals surface area contributed by atoms with Crippen LogP contribution in [0.25, 0.3) is 0 Å². The minimum Gasteiger partial charge on any atom is -0.293 e. The van der Waals surface area contributed by atoms with Crippen LogP contribution in [-0.2, 0) is 0 Å². The summed E-state index contributed by atoms with van der Waals surface area (Å²) in [5.74, 6) is 0.172. The molecule has 1 aromatic heterocycles. The summed E-state index contributed by atoms with van der Waals surface area (Å²) in [6, 6.07) is 1.95. The van der Waals surface area contributed by atoms with Crippen molar-refractivity contribution >= 4 is 17.1 Å². The molecule has 0 fully saturated rings. The van der Waals surface area contributed by atoms with E-state index in [1.54, 1.807) is 17.4 Å². The Morgan fingerprint density at radius 1 is 1.67 bits per heavy atom. The van der Waals surface area contributed by atoms with Crippen LogP contribution >= 0.6 is 11.3 Å². The van der Waals surface area contributed by atoms with E-state index in [-0.39, 0.29) is 5.78 Å². The Bertz CT molecular complexity index is 290. The number of carbonyl (C=O) groups is 1. The number of thiophene rings is 1. The molecule has 0 spiro atoms. The molecular weight excluding hydrogens is 168 g/mol. The molecule has 1 heterocycles. The van der Waals surface area contributed by atoms with E-state index in [1.165, 1.54) is 10.4 Å². The Kier molecular flexibility index (Phi) is 2.82. The molecule has 1 aromatic rings. The van der Waals surface area contributed by atoms with Gasteiger partial charge in [0.2, 0.25) is 0 Å². The lowest BCUT2D eigenvalue weighted by Gasteiger charge is -1.88. The highest BCUT2D eigenvalue weighted by Crippen LogP contribution is 2.21. The first kappa shape index (κ1) is 9.20. The van der Waals surface area contributed by atoms with Crippen LogP contribution in [0.5, 0.6) is 0 Å². The second kappa shape index (κ2) is 3.68. The Balaban J connectivity index is 2.88. The summed E-state index contributed by atoms with van der Waals surface area (Å²) in [7, 11) is 0. The fourth-order valence-corrected chi connectivity index (χ4v) is 1.92. The molecule has 0 atom stereocenters. The summed E-state index contributed by atoms with van der Waals surface area (Å²) in [5, 5.41) is 0. The van der Waals surface area contributed by atoms with E-state index >= 15 is 0 Å². The average Bonchev–Trinajstić information content (AvgIpc) is 2.33. The average molecular weight is 180 g/mol. The Labute approximate surface area is 76.7 Å². The third-order valence-corrected chi connectivity index (χ3v) is 2.96. The number of rotatable bonds is 3. The van der Waals surface area contributed by atoms with E-state index in [0.29, 0.717) is 6.42 Å². The van der Waals surface area contributed by atoms with Crippen LogP contribution in [-0.4, -0.2) is 5.78 Å². The maximum atomic E-state index is 11.3. The number of aryl methyl sites for hydroxylation is 2. The summed E-state index contributed by atoms with van der Waals surface area (Å²) in [4.78, 5) is 13.4. The lowest BCUT2D eigenvalue weighted by Crippen LogP contribution is -1.91. The number of Topliss-reactive ketones (excluding diaryl/α,β-unsaturated/α-hetero) is 1. The van der Waals surface area contributed by atoms with Gasteiger partial charge >= 0.3 is 0 Å². The third kappa shape index (κ3) is 1.83. The van der Waals surface area contributed by atoms with Gasteiger partial charge in [0.05, 0.1) is 4.88 Å². The molecule has 0 unspecified atom stereocenters. The maximum absolute atomic E-state index is 11.3. The summed E-state index contributed by atoms with van der Waals surface area (Å²) < 4.78 is 0. The van der Waals surface area contributed by atoms with E-state index < -0.39 is 0 Å². The normalized spacial score (nSPS) is 9.83. The molecule has 0 aliphatic carbocycles. The quantitative estimate of drug-likeness (QED) is 0.516. The van der Waals surface area contributed by atoms with Crippen molar-refractivity contribution in [2.24, 2.45) is 0 Å². The van der Waals surface area contributed by atoms with Crippen LogP contribution in [0.15, 0.2) is 18.7 Å². The zero-order chi connectivity index (χ0) is 9.14. The van der Waals surface area contributed by atoms with Crippen molar-refractivity contribution in [1.29, 1.82) is 0 Å². The van der Waals surface area contributed by atoms with Crippen molar-refractivity contribution in [1.82, 2.24) is 0 Å². The van der Waals surface area contributed by atoms with Crippen molar-refractivity contribution in [2.75, 3.05) is 0 Å². The van der Waals surface area contributed by atoms with Crippen molar-refractivity contribution in [3.05, 3.63) is 34.0 Å². The first-order valence-corrected chi connectivity index (χ1v) is 4.68. The van der Waals surface area contributed by atoms with Gasteiger partial charge in [0.25, 0.3) is 0 Å². The minimum absolute atomic E-state index is 0.172. The summed E-state index contributed by atoms with van der Waals surface area (Å²) in [6.07, 6.45) is 2.09. The zero-order valence-electron chi connectivity index (χ0n) is 7.39. The lowest BCUT2D eigenvalue weighted by molar-refractivity contribution is 0.0999. The van der Waals surface area contributed by atoms with Gasteiger partial charge in [-0.3, -0.25) is 4.79 Å². The topological polar surface area (TPSA) is 17.1 Å². The van der Waals surface area contributed by atoms with Gasteiger partial charge in [-0.1, -0.05) is 6.08 Å². The first-order chi connectivity index (χ1) is 5.65. The van der Waals surface area contributed by atoms with Crippen molar-refractivity contribution < 1.29 is 4.79 Å². The molecule has 0 aliphatic heterocycles. The number of hydrogen-bond donors (Lipinski definition) is 0. The molecule has 2 heteroatoms. The molecule has 12 heavy (non-hydrogen) atoms. The highest BCUT2D eigenvalue weighted by Gasteiger charge is 2.07. The Morgan fingerprint density at radius 3 is 2.75 bits per heavy atom. The molecule has 0 bridgehead atoms. The van der Waals surface area contributed by atoms with Crippen molar-refractivity contribution in [2.45, 2.75) is 20.3 Å². The van der Waals surface area contributed by atoms with Gasteiger partial charge in [-0.25, -0.2) is 0 Å². The van der Waals surface area contributed by atoms with Gasteiger partial charge < -0.3 is 0 Å². The van der Waals surface area contributed by atoms with Gasteiger partial charge in [0.1, 0.15) is 0 Å². The Morgan fingerprint density at radius 2 is 2.33 bits per heavy atom. The number of allylic oxidation sites excluding steroid dienone is 1. The number of hydrogen-bond acceptors (Lipinski definition) is 2. The van der Waals surface area contributed by atoms with E-state index in [9.17, 15) is 4.79 Å². The molecule has 1 nitrogen and oxygen atoms in total. The maximum Gasteiger partial charge on any atom is 0.176 e. The SMILES string of the molecule is C=CCC(=O)c1cc(C)c(C)s1. The Hall–Kier alpha value is -0.890. The highest BCUT2D eigenvalue weighted by molar-refractivity contribution is 7.14. The van der Waals surface area contributed by atoms with E-state index in [4.69, 9.17) is 0 Å². The fourth-order valence-electron chi connectivity index (χ4n) is 0.942. The van der Waals surface area contributed by atoms with Crippen LogP contribution in [0.1, 0.15) is 26.5 Å².